The van der Waals surface area contributed by atoms with Crippen LogP contribution in [0.25, 0.3) is 10.8 Å². The summed E-state index contributed by atoms with van der Waals surface area (Å²) in [6, 6.07) is 22.2. The van der Waals surface area contributed by atoms with E-state index in [2.05, 4.69) is 24.1 Å². The first kappa shape index (κ1) is 26.7. The van der Waals surface area contributed by atoms with Crippen molar-refractivity contribution in [3.05, 3.63) is 90.1 Å². The summed E-state index contributed by atoms with van der Waals surface area (Å²) in [5.74, 6) is 1.22. The molecule has 4 rings (SSSR count). The molecule has 0 saturated carbocycles. The molecule has 0 fully saturated rings. The molecule has 1 N–H and O–H groups in total. The van der Waals surface area contributed by atoms with Crippen molar-refractivity contribution in [2.75, 3.05) is 11.9 Å². The summed E-state index contributed by atoms with van der Waals surface area (Å²) in [7, 11) is 0. The van der Waals surface area contributed by atoms with Crippen molar-refractivity contribution in [3.8, 4) is 17.4 Å². The number of aromatic nitrogens is 1. The van der Waals surface area contributed by atoms with Crippen molar-refractivity contribution in [1.29, 1.82) is 0 Å². The maximum Gasteiger partial charge on any atom is 0.340 e. The Morgan fingerprint density at radius 3 is 2.26 bits per heavy atom. The molecule has 0 spiro atoms. The summed E-state index contributed by atoms with van der Waals surface area (Å²) in [6.45, 7) is 6.25. The molecular weight excluding hydrogens is 480 g/mol. The first-order chi connectivity index (χ1) is 18.5. The predicted octanol–water partition coefficient (Wildman–Crippen LogP) is 6.95. The predicted molar refractivity (Wildman–Crippen MR) is 148 cm³/mol. The molecule has 38 heavy (non-hydrogen) atoms. The highest BCUT2D eigenvalue weighted by atomic mass is 16.5. The van der Waals surface area contributed by atoms with Gasteiger partial charge in [-0.05, 0) is 72.5 Å². The zero-order valence-corrected chi connectivity index (χ0v) is 21.9. The number of carbonyl (C=O) groups excluding carboxylic acids is 2. The van der Waals surface area contributed by atoms with Crippen LogP contribution in [0.1, 0.15) is 49.5 Å². The molecule has 0 aliphatic carbocycles. The minimum absolute atomic E-state index is 0.0989. The SMILES string of the molecule is CCOC(=O)c1ccccc1NC(=O)Cc1ccc(Oc2ccc3cc(OC(CC)CC)ccc3c2)nc1. The summed E-state index contributed by atoms with van der Waals surface area (Å²) >= 11 is 0. The van der Waals surface area contributed by atoms with E-state index in [0.29, 0.717) is 28.4 Å². The topological polar surface area (TPSA) is 86.8 Å². The van der Waals surface area contributed by atoms with Crippen LogP contribution in [-0.4, -0.2) is 29.6 Å². The van der Waals surface area contributed by atoms with Crippen molar-refractivity contribution >= 4 is 28.3 Å². The highest BCUT2D eigenvalue weighted by Crippen LogP contribution is 2.28. The number of carbonyl (C=O) groups is 2. The van der Waals surface area contributed by atoms with Crippen molar-refractivity contribution in [3.63, 3.8) is 0 Å². The Balaban J connectivity index is 1.37. The number of ether oxygens (including phenoxy) is 3. The van der Waals surface area contributed by atoms with Crippen LogP contribution in [0.5, 0.6) is 17.4 Å². The number of nitrogens with zero attached hydrogens (tertiary/aromatic N) is 1. The maximum absolute atomic E-state index is 12.6. The lowest BCUT2D eigenvalue weighted by atomic mass is 10.1. The Morgan fingerprint density at radius 1 is 0.868 bits per heavy atom. The van der Waals surface area contributed by atoms with E-state index in [1.807, 2.05) is 36.4 Å². The summed E-state index contributed by atoms with van der Waals surface area (Å²) in [5, 5.41) is 4.89. The largest absolute Gasteiger partial charge is 0.490 e. The number of rotatable bonds is 11. The lowest BCUT2D eigenvalue weighted by Crippen LogP contribution is -2.17. The van der Waals surface area contributed by atoms with Crippen LogP contribution in [0.15, 0.2) is 79.0 Å². The van der Waals surface area contributed by atoms with Gasteiger partial charge in [0.1, 0.15) is 11.5 Å². The molecule has 3 aromatic carbocycles. The molecular formula is C31H32N2O5. The van der Waals surface area contributed by atoms with Gasteiger partial charge >= 0.3 is 5.97 Å². The van der Waals surface area contributed by atoms with E-state index in [1.54, 1.807) is 49.5 Å². The monoisotopic (exact) mass is 512 g/mol. The zero-order chi connectivity index (χ0) is 26.9. The Hall–Kier alpha value is -4.39. The van der Waals surface area contributed by atoms with E-state index in [-0.39, 0.29) is 25.0 Å². The molecule has 0 saturated heterocycles. The van der Waals surface area contributed by atoms with Crippen LogP contribution < -0.4 is 14.8 Å². The second-order valence-electron chi connectivity index (χ2n) is 8.82. The number of esters is 1. The molecule has 0 radical (unpaired) electrons. The summed E-state index contributed by atoms with van der Waals surface area (Å²) in [6.07, 6.45) is 3.87. The average Bonchev–Trinajstić information content (AvgIpc) is 2.93. The van der Waals surface area contributed by atoms with Crippen LogP contribution in [0.2, 0.25) is 0 Å². The van der Waals surface area contributed by atoms with E-state index < -0.39 is 5.97 Å². The maximum atomic E-state index is 12.6. The molecule has 196 valence electrons. The molecule has 0 bridgehead atoms. The molecule has 0 aliphatic rings. The second-order valence-corrected chi connectivity index (χ2v) is 8.82. The van der Waals surface area contributed by atoms with Gasteiger partial charge in [-0.25, -0.2) is 9.78 Å². The lowest BCUT2D eigenvalue weighted by molar-refractivity contribution is -0.115. The molecule has 7 nitrogen and oxygen atoms in total. The van der Waals surface area contributed by atoms with Gasteiger partial charge in [0.25, 0.3) is 0 Å². The van der Waals surface area contributed by atoms with Gasteiger partial charge in [0.15, 0.2) is 0 Å². The second kappa shape index (κ2) is 12.7. The first-order valence-corrected chi connectivity index (χ1v) is 12.9. The Kier molecular flexibility index (Phi) is 8.93. The van der Waals surface area contributed by atoms with E-state index >= 15 is 0 Å². The number of fused-ring (bicyclic) bond motifs is 1. The Bertz CT molecular complexity index is 1400. The van der Waals surface area contributed by atoms with Crippen LogP contribution in [0.3, 0.4) is 0 Å². The van der Waals surface area contributed by atoms with Gasteiger partial charge in [0, 0.05) is 12.3 Å². The third-order valence-electron chi connectivity index (χ3n) is 6.08. The molecule has 7 heteroatoms. The van der Waals surface area contributed by atoms with Crippen molar-refractivity contribution in [2.24, 2.45) is 0 Å². The number of para-hydroxylation sites is 1. The summed E-state index contributed by atoms with van der Waals surface area (Å²) in [4.78, 5) is 29.1. The molecule has 1 amide bonds. The van der Waals surface area contributed by atoms with Crippen LogP contribution >= 0.6 is 0 Å². The summed E-state index contributed by atoms with van der Waals surface area (Å²) < 4.78 is 17.1. The van der Waals surface area contributed by atoms with Crippen molar-refractivity contribution in [1.82, 2.24) is 4.98 Å². The lowest BCUT2D eigenvalue weighted by Gasteiger charge is -2.16. The minimum Gasteiger partial charge on any atom is -0.490 e. The van der Waals surface area contributed by atoms with E-state index in [4.69, 9.17) is 14.2 Å². The van der Waals surface area contributed by atoms with Gasteiger partial charge in [-0.3, -0.25) is 4.79 Å². The molecule has 1 heterocycles. The molecule has 4 aromatic rings. The number of nitrogens with one attached hydrogen (secondary N) is 1. The van der Waals surface area contributed by atoms with Crippen LogP contribution in [0.4, 0.5) is 5.69 Å². The minimum atomic E-state index is -0.476. The number of hydrogen-bond acceptors (Lipinski definition) is 6. The normalized spacial score (nSPS) is 10.8. The smallest absolute Gasteiger partial charge is 0.340 e. The standard InChI is InChI=1S/C31H32N2O5/c1-4-24(5-2)37-25-14-12-23-19-26(15-13-22(23)18-25)38-30-16-11-21(20-32-30)17-29(34)33-28-10-8-7-9-27(28)31(35)36-6-3/h7-16,18-20,24H,4-6,17H2,1-3H3,(H,33,34). The first-order valence-electron chi connectivity index (χ1n) is 12.9. The van der Waals surface area contributed by atoms with Crippen molar-refractivity contribution in [2.45, 2.75) is 46.1 Å². The fraction of sp³-hybridized carbons (Fsp3) is 0.258. The quantitative estimate of drug-likeness (QED) is 0.219. The van der Waals surface area contributed by atoms with Crippen LogP contribution in [-0.2, 0) is 16.0 Å². The number of hydrogen-bond donors (Lipinski definition) is 1. The van der Waals surface area contributed by atoms with Gasteiger partial charge in [-0.1, -0.05) is 44.2 Å². The fourth-order valence-corrected chi connectivity index (χ4v) is 4.04. The van der Waals surface area contributed by atoms with Gasteiger partial charge in [-0.15, -0.1) is 0 Å². The number of anilines is 1. The molecule has 0 aliphatic heterocycles. The Labute approximate surface area is 222 Å². The van der Waals surface area contributed by atoms with Gasteiger partial charge in [0.05, 0.1) is 30.4 Å². The number of benzene rings is 3. The molecule has 0 unspecified atom stereocenters. The van der Waals surface area contributed by atoms with E-state index in [9.17, 15) is 9.59 Å². The fourth-order valence-electron chi connectivity index (χ4n) is 4.04. The van der Waals surface area contributed by atoms with E-state index in [1.165, 1.54) is 0 Å². The summed E-state index contributed by atoms with van der Waals surface area (Å²) in [5.41, 5.74) is 1.44. The Morgan fingerprint density at radius 2 is 1.58 bits per heavy atom. The zero-order valence-electron chi connectivity index (χ0n) is 21.9. The van der Waals surface area contributed by atoms with Gasteiger partial charge < -0.3 is 19.5 Å². The third kappa shape index (κ3) is 6.88. The van der Waals surface area contributed by atoms with Gasteiger partial charge in [-0.2, -0.15) is 0 Å². The number of amides is 1. The van der Waals surface area contributed by atoms with Crippen LogP contribution in [0, 0.1) is 0 Å². The van der Waals surface area contributed by atoms with Crippen molar-refractivity contribution < 1.29 is 23.8 Å². The highest BCUT2D eigenvalue weighted by molar-refractivity contribution is 6.01. The number of pyridine rings is 1. The highest BCUT2D eigenvalue weighted by Gasteiger charge is 2.14. The third-order valence-corrected chi connectivity index (χ3v) is 6.08. The molecule has 0 atom stereocenters. The molecule has 1 aromatic heterocycles. The van der Waals surface area contributed by atoms with Gasteiger partial charge in [0.2, 0.25) is 11.8 Å². The average molecular weight is 513 g/mol. The van der Waals surface area contributed by atoms with E-state index in [0.717, 1.165) is 29.4 Å².